The molecule has 1 aromatic rings. The van der Waals surface area contributed by atoms with Crippen LogP contribution in [0.15, 0.2) is 17.1 Å². The Morgan fingerprint density at radius 2 is 2.19 bits per heavy atom. The molecule has 3 heterocycles. The van der Waals surface area contributed by atoms with E-state index in [0.717, 1.165) is 4.57 Å². The van der Waals surface area contributed by atoms with Crippen LogP contribution < -0.4 is 16.9 Å². The molecule has 0 radical (unpaired) electrons. The number of fused-ring (bicyclic) bond motifs is 1. The van der Waals surface area contributed by atoms with Gasteiger partial charge in [-0.05, 0) is 12.5 Å². The molecule has 0 amide bonds. The van der Waals surface area contributed by atoms with Crippen LogP contribution in [-0.2, 0) is 23.7 Å². The minimum atomic E-state index is -1.03. The Hall–Kier alpha value is -2.70. The van der Waals surface area contributed by atoms with E-state index in [1.807, 2.05) is 0 Å². The first kappa shape index (κ1) is 18.1. The van der Waals surface area contributed by atoms with Gasteiger partial charge in [-0.3, -0.25) is 20.0 Å². The SMILES string of the molecule is CC[C@H](N)C(=O)OC[C@H]1O[C@@H](n2ccc(NO)nc2=O)[C@@H]2OC(=O)O[C@@H]21. The van der Waals surface area contributed by atoms with Crippen molar-refractivity contribution in [2.75, 3.05) is 12.1 Å². The third-order valence-corrected chi connectivity index (χ3v) is 4.10. The Bertz CT molecular complexity index is 753. The minimum Gasteiger partial charge on any atom is -0.462 e. The molecule has 26 heavy (non-hydrogen) atoms. The third kappa shape index (κ3) is 3.34. The van der Waals surface area contributed by atoms with E-state index in [1.54, 1.807) is 12.4 Å². The summed E-state index contributed by atoms with van der Waals surface area (Å²) in [6.45, 7) is 1.51. The van der Waals surface area contributed by atoms with Crippen molar-refractivity contribution < 1.29 is 33.7 Å². The van der Waals surface area contributed by atoms with Crippen molar-refractivity contribution in [2.45, 2.75) is 43.9 Å². The molecule has 142 valence electrons. The van der Waals surface area contributed by atoms with Crippen LogP contribution in [-0.4, -0.2) is 57.8 Å². The van der Waals surface area contributed by atoms with Crippen LogP contribution >= 0.6 is 0 Å². The summed E-state index contributed by atoms with van der Waals surface area (Å²) < 4.78 is 22.0. The van der Waals surface area contributed by atoms with Crippen molar-refractivity contribution in [3.8, 4) is 0 Å². The molecule has 3 rings (SSSR count). The second-order valence-electron chi connectivity index (χ2n) is 5.74. The fourth-order valence-corrected chi connectivity index (χ4v) is 2.69. The lowest BCUT2D eigenvalue weighted by atomic mass is 10.1. The largest absolute Gasteiger partial charge is 0.509 e. The fraction of sp³-hybridized carbons (Fsp3) is 0.571. The number of hydrogen-bond donors (Lipinski definition) is 3. The van der Waals surface area contributed by atoms with Gasteiger partial charge < -0.3 is 24.7 Å². The molecule has 2 fully saturated rings. The predicted octanol–water partition coefficient (Wildman–Crippen LogP) is -0.874. The van der Waals surface area contributed by atoms with Crippen LogP contribution in [0.2, 0.25) is 0 Å². The molecule has 4 N–H and O–H groups in total. The highest BCUT2D eigenvalue weighted by Crippen LogP contribution is 2.37. The minimum absolute atomic E-state index is 0.0560. The molecule has 2 aliphatic rings. The van der Waals surface area contributed by atoms with Gasteiger partial charge in [0.05, 0.1) is 0 Å². The Labute approximate surface area is 146 Å². The highest BCUT2D eigenvalue weighted by atomic mass is 16.8. The number of carbonyl (C=O) groups excluding carboxylic acids is 2. The van der Waals surface area contributed by atoms with Gasteiger partial charge in [-0.15, -0.1) is 0 Å². The molecular formula is C14H18N4O8. The van der Waals surface area contributed by atoms with Gasteiger partial charge in [0.25, 0.3) is 0 Å². The Kier molecular flexibility index (Phi) is 5.06. The molecule has 0 aromatic carbocycles. The summed E-state index contributed by atoms with van der Waals surface area (Å²) in [5.74, 6) is -0.668. The first-order valence-corrected chi connectivity index (χ1v) is 7.88. The second kappa shape index (κ2) is 7.27. The quantitative estimate of drug-likeness (QED) is 0.421. The monoisotopic (exact) mass is 370 g/mol. The van der Waals surface area contributed by atoms with Gasteiger partial charge in [0.1, 0.15) is 18.8 Å². The maximum absolute atomic E-state index is 12.1. The standard InChI is InChI=1S/C14H18N4O8/c1-2-6(15)12(19)23-5-7-9-10(26-14(21)25-9)11(24-7)18-4-3-8(17-22)16-13(18)20/h3-4,6-7,9-11,22H,2,5,15H2,1H3,(H,16,17,20)/t6-,7+,9+,10+,11+/m0/s1. The maximum atomic E-state index is 12.1. The summed E-state index contributed by atoms with van der Waals surface area (Å²) in [6.07, 6.45) is -2.84. The molecular weight excluding hydrogens is 352 g/mol. The van der Waals surface area contributed by atoms with Crippen LogP contribution in [0.1, 0.15) is 19.6 Å². The Morgan fingerprint density at radius 1 is 1.46 bits per heavy atom. The molecule has 5 atom stereocenters. The highest BCUT2D eigenvalue weighted by molar-refractivity contribution is 5.75. The van der Waals surface area contributed by atoms with Gasteiger partial charge in [-0.25, -0.2) is 9.59 Å². The van der Waals surface area contributed by atoms with Crippen molar-refractivity contribution in [3.05, 3.63) is 22.7 Å². The Morgan fingerprint density at radius 3 is 2.85 bits per heavy atom. The molecule has 0 bridgehead atoms. The number of nitrogens with two attached hydrogens (primary N) is 1. The van der Waals surface area contributed by atoms with Crippen molar-refractivity contribution in [1.82, 2.24) is 9.55 Å². The first-order chi connectivity index (χ1) is 12.4. The van der Waals surface area contributed by atoms with Crippen LogP contribution in [0, 0.1) is 0 Å². The summed E-state index contributed by atoms with van der Waals surface area (Å²) in [5, 5.41) is 8.79. The van der Waals surface area contributed by atoms with E-state index in [1.165, 1.54) is 12.3 Å². The van der Waals surface area contributed by atoms with Crippen molar-refractivity contribution in [3.63, 3.8) is 0 Å². The number of nitrogens with zero attached hydrogens (tertiary/aromatic N) is 2. The van der Waals surface area contributed by atoms with Gasteiger partial charge >= 0.3 is 17.8 Å². The summed E-state index contributed by atoms with van der Waals surface area (Å²) in [4.78, 5) is 38.9. The molecule has 2 aliphatic heterocycles. The van der Waals surface area contributed by atoms with Gasteiger partial charge in [-0.2, -0.15) is 4.98 Å². The number of ether oxygens (including phenoxy) is 4. The molecule has 0 spiro atoms. The van der Waals surface area contributed by atoms with Crippen molar-refractivity contribution >= 4 is 17.9 Å². The van der Waals surface area contributed by atoms with E-state index in [2.05, 4.69) is 4.98 Å². The smallest absolute Gasteiger partial charge is 0.462 e. The molecule has 12 heteroatoms. The van der Waals surface area contributed by atoms with E-state index >= 15 is 0 Å². The molecule has 1 aromatic heterocycles. The normalized spacial score (nSPS) is 28.0. The van der Waals surface area contributed by atoms with Gasteiger partial charge in [0.15, 0.2) is 24.3 Å². The lowest BCUT2D eigenvalue weighted by Crippen LogP contribution is -2.37. The number of esters is 1. The summed E-state index contributed by atoms with van der Waals surface area (Å²) in [6, 6.07) is 0.557. The zero-order chi connectivity index (χ0) is 18.8. The zero-order valence-corrected chi connectivity index (χ0v) is 13.7. The van der Waals surface area contributed by atoms with Gasteiger partial charge in [0.2, 0.25) is 0 Å². The van der Waals surface area contributed by atoms with E-state index in [9.17, 15) is 14.4 Å². The third-order valence-electron chi connectivity index (χ3n) is 4.10. The maximum Gasteiger partial charge on any atom is 0.509 e. The van der Waals surface area contributed by atoms with E-state index < -0.39 is 48.4 Å². The number of rotatable bonds is 6. The van der Waals surface area contributed by atoms with Crippen LogP contribution in [0.25, 0.3) is 0 Å². The molecule has 0 aliphatic carbocycles. The van der Waals surface area contributed by atoms with Crippen molar-refractivity contribution in [1.29, 1.82) is 0 Å². The van der Waals surface area contributed by atoms with Gasteiger partial charge in [-0.1, -0.05) is 6.92 Å². The second-order valence-corrected chi connectivity index (χ2v) is 5.74. The van der Waals surface area contributed by atoms with E-state index in [4.69, 9.17) is 29.9 Å². The van der Waals surface area contributed by atoms with E-state index in [0.29, 0.717) is 6.42 Å². The average molecular weight is 370 g/mol. The average Bonchev–Trinajstić information content (AvgIpc) is 3.16. The number of nitrogens with one attached hydrogen (secondary N) is 1. The van der Waals surface area contributed by atoms with Gasteiger partial charge in [0, 0.05) is 6.20 Å². The van der Waals surface area contributed by atoms with Crippen LogP contribution in [0.5, 0.6) is 0 Å². The summed E-state index contributed by atoms with van der Waals surface area (Å²) in [5.41, 5.74) is 6.59. The fourth-order valence-electron chi connectivity index (χ4n) is 2.69. The molecule has 0 unspecified atom stereocenters. The highest BCUT2D eigenvalue weighted by Gasteiger charge is 2.55. The Balaban J connectivity index is 1.77. The van der Waals surface area contributed by atoms with Crippen molar-refractivity contribution in [2.24, 2.45) is 5.73 Å². The number of anilines is 1. The number of aromatic nitrogens is 2. The predicted molar refractivity (Wildman–Crippen MR) is 82.2 cm³/mol. The molecule has 2 saturated heterocycles. The topological polar surface area (TPSA) is 164 Å². The summed E-state index contributed by atoms with van der Waals surface area (Å²) in [7, 11) is 0. The molecule has 0 saturated carbocycles. The lowest BCUT2D eigenvalue weighted by molar-refractivity contribution is -0.152. The van der Waals surface area contributed by atoms with E-state index in [-0.39, 0.29) is 12.4 Å². The summed E-state index contributed by atoms with van der Waals surface area (Å²) >= 11 is 0. The lowest BCUT2D eigenvalue weighted by Gasteiger charge is -2.18. The van der Waals surface area contributed by atoms with Crippen LogP contribution in [0.3, 0.4) is 0 Å². The van der Waals surface area contributed by atoms with Crippen LogP contribution in [0.4, 0.5) is 10.6 Å². The number of carbonyl (C=O) groups is 2. The zero-order valence-electron chi connectivity index (χ0n) is 13.7. The first-order valence-electron chi connectivity index (χ1n) is 7.88. The molecule has 12 nitrogen and oxygen atoms in total. The number of hydrogen-bond acceptors (Lipinski definition) is 11.